The van der Waals surface area contributed by atoms with Gasteiger partial charge in [0, 0.05) is 11.8 Å². The first kappa shape index (κ1) is 18.1. The highest BCUT2D eigenvalue weighted by Crippen LogP contribution is 2.25. The fourth-order valence-corrected chi connectivity index (χ4v) is 2.79. The molecule has 0 amide bonds. The van der Waals surface area contributed by atoms with Crippen LogP contribution in [0.1, 0.15) is 11.3 Å². The number of aliphatic imine (C=N–C) groups is 2. The third-order valence-corrected chi connectivity index (χ3v) is 4.21. The molecule has 2 heterocycles. The van der Waals surface area contributed by atoms with Crippen molar-refractivity contribution >= 4 is 27.7 Å². The van der Waals surface area contributed by atoms with Gasteiger partial charge >= 0.3 is 6.18 Å². The Labute approximate surface area is 149 Å². The Morgan fingerprint density at radius 3 is 2.73 bits per heavy atom. The van der Waals surface area contributed by atoms with E-state index in [4.69, 9.17) is 4.74 Å². The van der Waals surface area contributed by atoms with Crippen molar-refractivity contribution in [2.45, 2.75) is 19.5 Å². The quantitative estimate of drug-likeness (QED) is 0.810. The first-order valence-electron chi connectivity index (χ1n) is 7.37. The van der Waals surface area contributed by atoms with Gasteiger partial charge in [0.25, 0.3) is 0 Å². The molecule has 0 unspecified atom stereocenters. The number of alkyl halides is 3. The van der Waals surface area contributed by atoms with E-state index in [0.29, 0.717) is 22.8 Å². The third-order valence-electron chi connectivity index (χ3n) is 3.64. The summed E-state index contributed by atoms with van der Waals surface area (Å²) in [6.45, 7) is 0.207. The molecule has 1 aromatic heterocycles. The van der Waals surface area contributed by atoms with E-state index in [2.05, 4.69) is 15.0 Å². The highest BCUT2D eigenvalue weighted by molar-refractivity contribution is 7.69. The Morgan fingerprint density at radius 1 is 1.27 bits per heavy atom. The van der Waals surface area contributed by atoms with Crippen molar-refractivity contribution in [3.63, 3.8) is 0 Å². The van der Waals surface area contributed by atoms with E-state index in [9.17, 15) is 22.5 Å². The number of rotatable bonds is 4. The summed E-state index contributed by atoms with van der Waals surface area (Å²) >= 11 is 0.114. The molecule has 2 aliphatic rings. The number of hydrogen-bond donors (Lipinski definition) is 1. The van der Waals surface area contributed by atoms with Crippen molar-refractivity contribution in [1.29, 1.82) is 0 Å². The Bertz CT molecular complexity index is 942. The second kappa shape index (κ2) is 6.87. The average Bonchev–Trinajstić information content (AvgIpc) is 2.97. The van der Waals surface area contributed by atoms with Gasteiger partial charge in [-0.05, 0) is 25.1 Å². The van der Waals surface area contributed by atoms with Gasteiger partial charge in [-0.15, -0.1) is 0 Å². The van der Waals surface area contributed by atoms with E-state index in [1.54, 1.807) is 6.92 Å². The fraction of sp³-hybridized carbons (Fsp3) is 0.250. The predicted molar refractivity (Wildman–Crippen MR) is 91.0 cm³/mol. The summed E-state index contributed by atoms with van der Waals surface area (Å²) < 4.78 is 53.0. The van der Waals surface area contributed by atoms with Crippen LogP contribution in [0.4, 0.5) is 13.2 Å². The predicted octanol–water partition coefficient (Wildman–Crippen LogP) is 2.45. The summed E-state index contributed by atoms with van der Waals surface area (Å²) in [7, 11) is 0. The molecule has 26 heavy (non-hydrogen) atoms. The number of pyridine rings is 1. The van der Waals surface area contributed by atoms with E-state index < -0.39 is 12.8 Å². The molecule has 1 N–H and O–H groups in total. The highest BCUT2D eigenvalue weighted by Gasteiger charge is 2.29. The number of nitrogens with zero attached hydrogens (tertiary/aromatic N) is 3. The first-order chi connectivity index (χ1) is 12.3. The van der Waals surface area contributed by atoms with Gasteiger partial charge in [-0.25, -0.2) is 14.2 Å². The number of aromatic nitrogens is 1. The third kappa shape index (κ3) is 3.74. The second-order valence-corrected chi connectivity index (χ2v) is 6.04. The van der Waals surface area contributed by atoms with Gasteiger partial charge in [0.1, 0.15) is 39.2 Å². The highest BCUT2D eigenvalue weighted by atomic mass is 32.1. The molecule has 136 valence electrons. The zero-order valence-electron chi connectivity index (χ0n) is 13.4. The minimum absolute atomic E-state index is 0.0770. The SMILES string of the molecule is Cc1c(OCC(F)(F)F)ccnc1CC1=NC2=CC=C(O)C(=S=O)C2=N1. The maximum absolute atomic E-state index is 12.3. The first-order valence-corrected chi connectivity index (χ1v) is 8.12. The normalized spacial score (nSPS) is 16.4. The monoisotopic (exact) mass is 383 g/mol. The van der Waals surface area contributed by atoms with Gasteiger partial charge in [0.15, 0.2) is 6.61 Å². The molecule has 0 aromatic carbocycles. The smallest absolute Gasteiger partial charge is 0.422 e. The van der Waals surface area contributed by atoms with E-state index in [1.165, 1.54) is 24.4 Å². The lowest BCUT2D eigenvalue weighted by atomic mass is 10.1. The van der Waals surface area contributed by atoms with E-state index >= 15 is 0 Å². The number of amidine groups is 1. The van der Waals surface area contributed by atoms with Crippen LogP contribution < -0.4 is 4.74 Å². The van der Waals surface area contributed by atoms with Crippen molar-refractivity contribution in [1.82, 2.24) is 4.98 Å². The average molecular weight is 383 g/mol. The van der Waals surface area contributed by atoms with E-state index in [0.717, 1.165) is 0 Å². The molecule has 3 rings (SSSR count). The number of aliphatic hydroxyl groups excluding tert-OH is 1. The van der Waals surface area contributed by atoms with Gasteiger partial charge in [-0.2, -0.15) is 13.2 Å². The lowest BCUT2D eigenvalue weighted by molar-refractivity contribution is -0.153. The number of hydrogen-bond acceptors (Lipinski definition) is 6. The van der Waals surface area contributed by atoms with Crippen LogP contribution in [0.15, 0.2) is 45.9 Å². The summed E-state index contributed by atoms with van der Waals surface area (Å²) in [5.41, 5.74) is 1.63. The van der Waals surface area contributed by atoms with Gasteiger partial charge in [0.2, 0.25) is 0 Å². The second-order valence-electron chi connectivity index (χ2n) is 5.47. The van der Waals surface area contributed by atoms with Crippen molar-refractivity contribution in [2.24, 2.45) is 9.98 Å². The molecule has 0 fully saturated rings. The Morgan fingerprint density at radius 2 is 2.04 bits per heavy atom. The molecule has 1 aromatic rings. The van der Waals surface area contributed by atoms with E-state index in [-0.39, 0.29) is 39.8 Å². The summed E-state index contributed by atoms with van der Waals surface area (Å²) in [5.74, 6) is 0.238. The maximum Gasteiger partial charge on any atom is 0.422 e. The van der Waals surface area contributed by atoms with Crippen LogP contribution in [0.25, 0.3) is 0 Å². The fourth-order valence-electron chi connectivity index (χ4n) is 2.41. The van der Waals surface area contributed by atoms with Gasteiger partial charge < -0.3 is 9.84 Å². The largest absolute Gasteiger partial charge is 0.506 e. The molecule has 1 aliphatic heterocycles. The van der Waals surface area contributed by atoms with Gasteiger partial charge in [0.05, 0.1) is 17.8 Å². The number of fused-ring (bicyclic) bond motifs is 1. The van der Waals surface area contributed by atoms with Crippen molar-refractivity contribution in [2.75, 3.05) is 6.61 Å². The summed E-state index contributed by atoms with van der Waals surface area (Å²) in [6, 6.07) is 1.36. The van der Waals surface area contributed by atoms with Crippen LogP contribution in [-0.2, 0) is 17.7 Å². The summed E-state index contributed by atoms with van der Waals surface area (Å²) in [4.78, 5) is 12.7. The van der Waals surface area contributed by atoms with Gasteiger partial charge in [-0.3, -0.25) is 4.98 Å². The topological polar surface area (TPSA) is 84.1 Å². The summed E-state index contributed by atoms with van der Waals surface area (Å²) in [6.07, 6.45) is -0.0497. The summed E-state index contributed by atoms with van der Waals surface area (Å²) in [5, 5.41) is 9.70. The zero-order chi connectivity index (χ0) is 18.9. The number of aliphatic hydroxyl groups is 1. The Balaban J connectivity index is 1.82. The van der Waals surface area contributed by atoms with E-state index in [1.807, 2.05) is 0 Å². The molecule has 10 heteroatoms. The van der Waals surface area contributed by atoms with Crippen LogP contribution in [0, 0.1) is 6.92 Å². The molecule has 0 bridgehead atoms. The minimum Gasteiger partial charge on any atom is -0.506 e. The number of halogens is 3. The molecule has 0 saturated heterocycles. The van der Waals surface area contributed by atoms with Crippen LogP contribution in [0.5, 0.6) is 5.75 Å². The Hall–Kier alpha value is -2.75. The lowest BCUT2D eigenvalue weighted by Crippen LogP contribution is -2.20. The van der Waals surface area contributed by atoms with Crippen molar-refractivity contribution in [3.8, 4) is 5.75 Å². The molecule has 6 nitrogen and oxygen atoms in total. The van der Waals surface area contributed by atoms with Crippen molar-refractivity contribution in [3.05, 3.63) is 47.1 Å². The Kier molecular flexibility index (Phi) is 4.77. The number of ether oxygens (including phenoxy) is 1. The maximum atomic E-state index is 12.3. The molecular formula is C16H12F3N3O3S. The molecule has 0 saturated carbocycles. The minimum atomic E-state index is -4.43. The standard InChI is InChI=1S/C16H12F3N3O3S/c1-8-10(20-5-4-12(8)25-7-16(17,18)19)6-13-21-9-2-3-11(23)15(26-24)14(9)22-13/h2-5,23H,6-7H2,1H3. The molecular weight excluding hydrogens is 371 g/mol. The number of allylic oxidation sites excluding steroid dienone is 4. The van der Waals surface area contributed by atoms with Crippen LogP contribution >= 0.6 is 0 Å². The molecule has 0 atom stereocenters. The molecule has 0 radical (unpaired) electrons. The van der Waals surface area contributed by atoms with Crippen LogP contribution in [-0.4, -0.2) is 43.5 Å². The van der Waals surface area contributed by atoms with Crippen LogP contribution in [0.2, 0.25) is 0 Å². The van der Waals surface area contributed by atoms with Crippen molar-refractivity contribution < 1.29 is 27.2 Å². The zero-order valence-corrected chi connectivity index (χ0v) is 14.2. The van der Waals surface area contributed by atoms with Gasteiger partial charge in [-0.1, -0.05) is 0 Å². The molecule has 0 spiro atoms. The molecule has 1 aliphatic carbocycles. The lowest BCUT2D eigenvalue weighted by Gasteiger charge is -2.13. The van der Waals surface area contributed by atoms with Crippen LogP contribution in [0.3, 0.4) is 0 Å².